The van der Waals surface area contributed by atoms with Crippen LogP contribution in [0, 0.1) is 5.82 Å². The number of anilines is 2. The quantitative estimate of drug-likeness (QED) is 0.529. The lowest BCUT2D eigenvalue weighted by Crippen LogP contribution is -2.23. The summed E-state index contributed by atoms with van der Waals surface area (Å²) in [7, 11) is 2.00. The van der Waals surface area contributed by atoms with E-state index >= 15 is 0 Å². The Morgan fingerprint density at radius 3 is 2.97 bits per heavy atom. The van der Waals surface area contributed by atoms with Crippen molar-refractivity contribution in [2.45, 2.75) is 25.4 Å². The number of pyridine rings is 1. The largest absolute Gasteiger partial charge is 0.350 e. The van der Waals surface area contributed by atoms with E-state index < -0.39 is 0 Å². The fourth-order valence-corrected chi connectivity index (χ4v) is 4.31. The van der Waals surface area contributed by atoms with Gasteiger partial charge in [0.2, 0.25) is 0 Å². The summed E-state index contributed by atoms with van der Waals surface area (Å²) in [5.74, 6) is 1.22. The minimum atomic E-state index is -0.202. The molecule has 0 amide bonds. The van der Waals surface area contributed by atoms with Crippen LogP contribution in [0.2, 0.25) is 0 Å². The van der Waals surface area contributed by atoms with Crippen molar-refractivity contribution < 1.29 is 4.39 Å². The molecule has 0 unspecified atom stereocenters. The van der Waals surface area contributed by atoms with Crippen molar-refractivity contribution in [1.29, 1.82) is 0 Å². The fourth-order valence-electron chi connectivity index (χ4n) is 4.31. The number of nitrogens with zero attached hydrogens (tertiary/aromatic N) is 5. The number of rotatable bonds is 5. The summed E-state index contributed by atoms with van der Waals surface area (Å²) in [4.78, 5) is 15.9. The lowest BCUT2D eigenvalue weighted by molar-refractivity contribution is 0.245. The van der Waals surface area contributed by atoms with Crippen molar-refractivity contribution in [1.82, 2.24) is 24.4 Å². The zero-order valence-corrected chi connectivity index (χ0v) is 16.8. The van der Waals surface area contributed by atoms with E-state index in [4.69, 9.17) is 4.98 Å². The molecule has 0 aliphatic carbocycles. The number of hydrogen-bond donors (Lipinski definition) is 1. The van der Waals surface area contributed by atoms with Gasteiger partial charge in [-0.25, -0.2) is 14.4 Å². The van der Waals surface area contributed by atoms with Gasteiger partial charge in [-0.15, -0.1) is 0 Å². The normalized spacial score (nSPS) is 16.9. The van der Waals surface area contributed by atoms with Crippen molar-refractivity contribution >= 4 is 22.5 Å². The highest BCUT2D eigenvalue weighted by molar-refractivity contribution is 5.84. The maximum atomic E-state index is 13.9. The first-order valence-electron chi connectivity index (χ1n) is 10.1. The summed E-state index contributed by atoms with van der Waals surface area (Å²) >= 11 is 0. The summed E-state index contributed by atoms with van der Waals surface area (Å²) in [5, 5.41) is 4.19. The van der Waals surface area contributed by atoms with Crippen molar-refractivity contribution in [2.24, 2.45) is 7.05 Å². The number of likely N-dealkylation sites (tertiary alicyclic amines) is 1. The summed E-state index contributed by atoms with van der Waals surface area (Å²) in [6.07, 6.45) is 9.53. The van der Waals surface area contributed by atoms with Crippen molar-refractivity contribution in [3.05, 3.63) is 78.3 Å². The first kappa shape index (κ1) is 18.7. The second kappa shape index (κ2) is 7.84. The molecule has 1 aliphatic heterocycles. The minimum Gasteiger partial charge on any atom is -0.350 e. The number of aryl methyl sites for hydroxylation is 1. The molecule has 6 nitrogen and oxygen atoms in total. The molecule has 152 valence electrons. The predicted octanol–water partition coefficient (Wildman–Crippen LogP) is 4.58. The molecule has 3 aromatic heterocycles. The van der Waals surface area contributed by atoms with Crippen LogP contribution in [0.3, 0.4) is 0 Å². The van der Waals surface area contributed by atoms with Crippen molar-refractivity contribution in [2.75, 3.05) is 11.9 Å². The topological polar surface area (TPSA) is 58.9 Å². The van der Waals surface area contributed by atoms with Gasteiger partial charge in [0, 0.05) is 36.9 Å². The van der Waals surface area contributed by atoms with E-state index in [9.17, 15) is 4.39 Å². The van der Waals surface area contributed by atoms with Crippen LogP contribution in [-0.4, -0.2) is 31.0 Å². The molecule has 4 aromatic rings. The average Bonchev–Trinajstić information content (AvgIpc) is 3.34. The highest BCUT2D eigenvalue weighted by atomic mass is 19.1. The number of nitrogens with one attached hydrogen (secondary N) is 1. The maximum Gasteiger partial charge on any atom is 0.150 e. The lowest BCUT2D eigenvalue weighted by Gasteiger charge is -2.24. The standard InChI is InChI=1S/C23H23FN6/c1-29-14-16(18-11-17(24)7-8-20(18)29)15-30-10-4-5-21(30)19-12-25-13-23(27-19)28-22-6-2-3-9-26-22/h2-3,6-9,11-14,21H,4-5,10,15H2,1H3,(H,26,27,28)/t21-/m1/s1. The smallest absolute Gasteiger partial charge is 0.150 e. The lowest BCUT2D eigenvalue weighted by atomic mass is 10.1. The number of aromatic nitrogens is 4. The second-order valence-electron chi connectivity index (χ2n) is 7.72. The molecule has 0 spiro atoms. The number of halogens is 1. The highest BCUT2D eigenvalue weighted by Gasteiger charge is 2.28. The summed E-state index contributed by atoms with van der Waals surface area (Å²) < 4.78 is 15.9. The molecule has 4 heterocycles. The van der Waals surface area contributed by atoms with E-state index in [-0.39, 0.29) is 11.9 Å². The molecular weight excluding hydrogens is 379 g/mol. The van der Waals surface area contributed by atoms with Gasteiger partial charge in [-0.3, -0.25) is 9.88 Å². The first-order chi connectivity index (χ1) is 14.7. The Morgan fingerprint density at radius 2 is 2.10 bits per heavy atom. The van der Waals surface area contributed by atoms with Gasteiger partial charge in [0.1, 0.15) is 17.5 Å². The molecule has 1 saturated heterocycles. The highest BCUT2D eigenvalue weighted by Crippen LogP contribution is 2.34. The van der Waals surface area contributed by atoms with Gasteiger partial charge in [-0.05, 0) is 55.3 Å². The molecule has 30 heavy (non-hydrogen) atoms. The van der Waals surface area contributed by atoms with E-state index in [1.54, 1.807) is 18.5 Å². The Kier molecular flexibility index (Phi) is 4.88. The summed E-state index contributed by atoms with van der Waals surface area (Å²) in [6.45, 7) is 1.74. The Morgan fingerprint density at radius 1 is 1.17 bits per heavy atom. The third kappa shape index (κ3) is 3.64. The van der Waals surface area contributed by atoms with Gasteiger partial charge in [0.05, 0.1) is 24.1 Å². The van der Waals surface area contributed by atoms with E-state index in [0.717, 1.165) is 53.9 Å². The van der Waals surface area contributed by atoms with E-state index in [1.165, 1.54) is 6.07 Å². The first-order valence-corrected chi connectivity index (χ1v) is 10.1. The van der Waals surface area contributed by atoms with Gasteiger partial charge in [0.25, 0.3) is 0 Å². The average molecular weight is 402 g/mol. The zero-order chi connectivity index (χ0) is 20.5. The second-order valence-corrected chi connectivity index (χ2v) is 7.72. The zero-order valence-electron chi connectivity index (χ0n) is 16.8. The molecule has 1 atom stereocenters. The monoisotopic (exact) mass is 402 g/mol. The summed E-state index contributed by atoms with van der Waals surface area (Å²) in [6, 6.07) is 10.9. The van der Waals surface area contributed by atoms with Crippen LogP contribution >= 0.6 is 0 Å². The molecule has 0 bridgehead atoms. The number of hydrogen-bond acceptors (Lipinski definition) is 5. The molecule has 1 aliphatic rings. The van der Waals surface area contributed by atoms with Crippen molar-refractivity contribution in [3.63, 3.8) is 0 Å². The van der Waals surface area contributed by atoms with Crippen LogP contribution in [0.25, 0.3) is 10.9 Å². The third-order valence-corrected chi connectivity index (χ3v) is 5.69. The predicted molar refractivity (Wildman–Crippen MR) is 115 cm³/mol. The van der Waals surface area contributed by atoms with Gasteiger partial charge in [-0.1, -0.05) is 6.07 Å². The number of fused-ring (bicyclic) bond motifs is 1. The van der Waals surface area contributed by atoms with Gasteiger partial charge in [-0.2, -0.15) is 0 Å². The molecule has 0 saturated carbocycles. The SMILES string of the molecule is Cn1cc(CN2CCC[C@@H]2c2cncc(Nc3ccccn3)n2)c2cc(F)ccc21. The van der Waals surface area contributed by atoms with Crippen LogP contribution < -0.4 is 5.32 Å². The maximum absolute atomic E-state index is 13.9. The molecule has 7 heteroatoms. The Hall–Kier alpha value is -3.32. The molecule has 5 rings (SSSR count). The van der Waals surface area contributed by atoms with E-state index in [0.29, 0.717) is 5.82 Å². The van der Waals surface area contributed by atoms with Crippen LogP contribution in [-0.2, 0) is 13.6 Å². The van der Waals surface area contributed by atoms with Crippen molar-refractivity contribution in [3.8, 4) is 0 Å². The Bertz CT molecular complexity index is 1170. The minimum absolute atomic E-state index is 0.187. The van der Waals surface area contributed by atoms with Gasteiger partial charge >= 0.3 is 0 Å². The Balaban J connectivity index is 1.40. The molecule has 1 aromatic carbocycles. The number of benzene rings is 1. The Labute approximate surface area is 174 Å². The van der Waals surface area contributed by atoms with Crippen LogP contribution in [0.4, 0.5) is 16.0 Å². The summed E-state index contributed by atoms with van der Waals surface area (Å²) in [5.41, 5.74) is 3.12. The molecular formula is C23H23FN6. The van der Waals surface area contributed by atoms with Crippen LogP contribution in [0.15, 0.2) is 61.2 Å². The van der Waals surface area contributed by atoms with Crippen LogP contribution in [0.5, 0.6) is 0 Å². The van der Waals surface area contributed by atoms with Gasteiger partial charge in [0.15, 0.2) is 0 Å². The molecule has 0 radical (unpaired) electrons. The molecule has 1 fully saturated rings. The van der Waals surface area contributed by atoms with E-state index in [1.807, 2.05) is 37.5 Å². The third-order valence-electron chi connectivity index (χ3n) is 5.69. The van der Waals surface area contributed by atoms with Crippen LogP contribution in [0.1, 0.15) is 30.1 Å². The van der Waals surface area contributed by atoms with E-state index in [2.05, 4.69) is 30.9 Å². The van der Waals surface area contributed by atoms with Gasteiger partial charge < -0.3 is 9.88 Å². The fraction of sp³-hybridized carbons (Fsp3) is 0.261. The molecule has 1 N–H and O–H groups in total.